The number of rotatable bonds is 20. The second-order valence-electron chi connectivity index (χ2n) is 31.0. The number of aryl methyl sites for hydroxylation is 2. The summed E-state index contributed by atoms with van der Waals surface area (Å²) in [6.45, 7) is 5.54. The van der Waals surface area contributed by atoms with Gasteiger partial charge in [0.1, 0.15) is 40.5 Å². The van der Waals surface area contributed by atoms with Crippen LogP contribution in [0.3, 0.4) is 0 Å². The van der Waals surface area contributed by atoms with Crippen LogP contribution in [0, 0.1) is 66.6 Å². The van der Waals surface area contributed by atoms with Crippen LogP contribution in [0.4, 0.5) is 22.0 Å². The minimum Gasteiger partial charge on any atom is -0.477 e. The number of benzene rings is 2. The molecule has 29 nitrogen and oxygen atoms in total. The van der Waals surface area contributed by atoms with Crippen LogP contribution < -0.4 is 18.9 Å². The number of halogens is 6. The molecule has 12 atom stereocenters. The van der Waals surface area contributed by atoms with Gasteiger partial charge in [-0.2, -0.15) is 40.5 Å². The number of aromatic nitrogens is 17. The van der Waals surface area contributed by atoms with Gasteiger partial charge in [-0.15, -0.1) is 9.59 Å². The average Bonchev–Trinajstić information content (AvgIpc) is 1.62. The summed E-state index contributed by atoms with van der Waals surface area (Å²) in [5.74, 6) is -0.146. The number of ether oxygens (including phenoxy) is 4. The predicted octanol–water partition coefficient (Wildman–Crippen LogP) is 12.5. The largest absolute Gasteiger partial charge is 0.477 e. The zero-order chi connectivity index (χ0) is 82.7. The van der Waals surface area contributed by atoms with Crippen molar-refractivity contribution < 1.29 is 60.1 Å². The number of aromatic amines is 1. The Hall–Kier alpha value is -13.0. The second kappa shape index (κ2) is 34.9. The molecule has 12 aromatic rings. The first-order chi connectivity index (χ1) is 58.4. The Labute approximate surface area is 689 Å². The lowest BCUT2D eigenvalue weighted by Gasteiger charge is -2.26. The molecule has 1 N–H and O–H groups in total. The molecule has 8 aliphatic heterocycles. The van der Waals surface area contributed by atoms with Crippen molar-refractivity contribution >= 4 is 35.2 Å². The highest BCUT2D eigenvalue weighted by Gasteiger charge is 2.53. The maximum atomic E-state index is 14.0. The van der Waals surface area contributed by atoms with Crippen molar-refractivity contribution in [3.05, 3.63) is 251 Å². The summed E-state index contributed by atoms with van der Waals surface area (Å²) in [7, 11) is 0. The summed E-state index contributed by atoms with van der Waals surface area (Å²) in [4.78, 5) is 90.8. The molecule has 4 amide bonds. The fourth-order valence-corrected chi connectivity index (χ4v) is 18.7. The zero-order valence-corrected chi connectivity index (χ0v) is 65.8. The summed E-state index contributed by atoms with van der Waals surface area (Å²) in [5, 5.41) is 32.2. The predicted molar refractivity (Wildman–Crippen MR) is 421 cm³/mol. The number of amides is 4. The molecular formula is C85H81ClF5N21O8. The lowest BCUT2D eigenvalue weighted by atomic mass is 9.90. The van der Waals surface area contributed by atoms with E-state index in [9.17, 15) is 41.1 Å². The van der Waals surface area contributed by atoms with Crippen molar-refractivity contribution in [3.8, 4) is 51.8 Å². The third kappa shape index (κ3) is 16.8. The second-order valence-corrected chi connectivity index (χ2v) is 31.4. The van der Waals surface area contributed by atoms with E-state index in [0.717, 1.165) is 113 Å². The highest BCUT2D eigenvalue weighted by atomic mass is 35.5. The van der Waals surface area contributed by atoms with E-state index < -0.39 is 23.3 Å². The molecule has 2 aromatic carbocycles. The van der Waals surface area contributed by atoms with Crippen LogP contribution in [0.5, 0.6) is 23.5 Å². The molecule has 35 heteroatoms. The highest BCUT2D eigenvalue weighted by molar-refractivity contribution is 6.30. The van der Waals surface area contributed by atoms with Gasteiger partial charge in [-0.3, -0.25) is 24.3 Å². The maximum absolute atomic E-state index is 14.0. The summed E-state index contributed by atoms with van der Waals surface area (Å²) >= 11 is 6.10. The SMILES string of the molecule is Cc1ccc(-n2nccn2)c(C(=O)N2C3CCC2C(COc2ccc(F)cn2)C3)n1.Cc1cccc(-n2nccn2)c1C(=O)N1C2CCC1C(COc1ccc(F)cn1)C2.O=C(c1cc(F)ccc1-c1ccn[nH]1)N1C2CCC1C(COc1ccc(F)cn1)C2.O=C(c1ncc(Cl)cc1-n1nccn1)N1C2CCC1C(COc1ccc(F)cn1)C2. The topological polar surface area (TPSA) is 316 Å². The van der Waals surface area contributed by atoms with Crippen LogP contribution in [-0.4, -0.2) is 203 Å². The Morgan fingerprint density at radius 2 is 0.817 bits per heavy atom. The van der Waals surface area contributed by atoms with E-state index in [1.165, 1.54) is 93.6 Å². The number of hydrogen-bond donors (Lipinski definition) is 1. The Balaban J connectivity index is 0.000000114. The van der Waals surface area contributed by atoms with Crippen LogP contribution in [0.15, 0.2) is 184 Å². The van der Waals surface area contributed by atoms with Crippen molar-refractivity contribution in [1.82, 2.24) is 105 Å². The summed E-state index contributed by atoms with van der Waals surface area (Å²) in [6, 6.07) is 29.3. The Kier molecular flexibility index (Phi) is 23.1. The number of fused-ring (bicyclic) bond motifs is 8. The molecule has 120 heavy (non-hydrogen) atoms. The molecule has 10 aromatic heterocycles. The lowest BCUT2D eigenvalue weighted by molar-refractivity contribution is 0.0695. The van der Waals surface area contributed by atoms with Gasteiger partial charge in [0.2, 0.25) is 23.5 Å². The van der Waals surface area contributed by atoms with Crippen LogP contribution >= 0.6 is 11.6 Å². The van der Waals surface area contributed by atoms with E-state index in [2.05, 4.69) is 70.7 Å². The molecule has 8 aliphatic rings. The molecule has 0 saturated carbocycles. The molecule has 0 spiro atoms. The van der Waals surface area contributed by atoms with Crippen molar-refractivity contribution in [2.24, 2.45) is 23.7 Å². The van der Waals surface area contributed by atoms with Crippen LogP contribution in [0.1, 0.15) is 130 Å². The van der Waals surface area contributed by atoms with E-state index >= 15 is 0 Å². The minimum atomic E-state index is -0.449. The smallest absolute Gasteiger partial charge is 0.275 e. The molecule has 8 fully saturated rings. The number of hydrogen-bond acceptors (Lipinski definition) is 21. The van der Waals surface area contributed by atoms with E-state index in [1.807, 2.05) is 63.8 Å². The van der Waals surface area contributed by atoms with Crippen LogP contribution in [0.25, 0.3) is 28.3 Å². The van der Waals surface area contributed by atoms with E-state index in [4.69, 9.17) is 30.5 Å². The van der Waals surface area contributed by atoms with Gasteiger partial charge in [0, 0.05) is 120 Å². The van der Waals surface area contributed by atoms with Crippen molar-refractivity contribution in [3.63, 3.8) is 0 Å². The molecule has 8 saturated heterocycles. The van der Waals surface area contributed by atoms with Gasteiger partial charge in [0.05, 0.1) is 116 Å². The summed E-state index contributed by atoms with van der Waals surface area (Å²) in [6.07, 6.45) is 28.0. The van der Waals surface area contributed by atoms with Gasteiger partial charge >= 0.3 is 0 Å². The van der Waals surface area contributed by atoms with E-state index in [0.29, 0.717) is 100 Å². The number of carbonyl (C=O) groups excluding carboxylic acids is 4. The monoisotopic (exact) mass is 1650 g/mol. The van der Waals surface area contributed by atoms with E-state index in [1.54, 1.807) is 49.2 Å². The first kappa shape index (κ1) is 79.5. The zero-order valence-electron chi connectivity index (χ0n) is 65.0. The van der Waals surface area contributed by atoms with Gasteiger partial charge in [-0.25, -0.2) is 51.9 Å². The van der Waals surface area contributed by atoms with Gasteiger partial charge in [0.25, 0.3) is 23.6 Å². The average molecular weight is 1660 g/mol. The first-order valence-corrected chi connectivity index (χ1v) is 40.2. The van der Waals surface area contributed by atoms with Gasteiger partial charge in [-0.1, -0.05) is 23.7 Å². The molecule has 8 bridgehead atoms. The Bertz CT molecular complexity index is 5400. The number of nitrogens with zero attached hydrogens (tertiary/aromatic N) is 20. The maximum Gasteiger partial charge on any atom is 0.275 e. The Morgan fingerprint density at radius 1 is 0.408 bits per heavy atom. The number of carbonyl (C=O) groups is 4. The van der Waals surface area contributed by atoms with E-state index in [-0.39, 0.29) is 107 Å². The quantitative estimate of drug-likeness (QED) is 0.0693. The molecule has 616 valence electrons. The Morgan fingerprint density at radius 3 is 1.24 bits per heavy atom. The molecule has 0 radical (unpaired) electrons. The van der Waals surface area contributed by atoms with Crippen LogP contribution in [0.2, 0.25) is 5.02 Å². The van der Waals surface area contributed by atoms with Gasteiger partial charge in [-0.05, 0) is 169 Å². The molecule has 18 heterocycles. The molecule has 12 unspecified atom stereocenters. The van der Waals surface area contributed by atoms with Gasteiger partial charge in [0.15, 0.2) is 11.4 Å². The van der Waals surface area contributed by atoms with Crippen LogP contribution in [-0.2, 0) is 0 Å². The standard InChI is InChI=1S/C22H20F2N4O2.C22H22FN5O2.C21H21FN6O2.C20H18ClFN6O2/c23-14-1-4-17(19-7-8-26-27-19)18(10-14)22(29)28-16-3-5-20(28)13(9-16)12-30-21-6-2-15(24)11-25-21;1-14-3-2-4-19(28-25-9-10-26-28)21(14)22(29)27-17-6-7-18(27)15(11-17)13-30-20-8-5-16(23)12-24-20;1-13-2-5-18(28-24-8-9-25-28)20(26-13)21(29)27-16-4-6-17(27)14(10-16)12-30-19-7-3-15(22)11-23-19;21-13-8-17(28-25-5-6-26-28)19(24-9-13)20(29)27-15-2-3-16(27)12(7-15)11-30-18-4-1-14(22)10-23-18/h1-2,4,6-8,10-11,13,16,20H,3,5,9,12H2,(H,26,27);2-5,8-10,12,15,17-18H,6-7,11,13H2,1H3;2-3,5,7-9,11,14,16-17H,4,6,10,12H2,1H3;1,4-6,8-10,12,15-16H,2-3,7,11H2. The third-order valence-corrected chi connectivity index (χ3v) is 24.0. The fourth-order valence-electron chi connectivity index (χ4n) is 18.6. The van der Waals surface area contributed by atoms with Gasteiger partial charge < -0.3 is 38.5 Å². The molecule has 0 aliphatic carbocycles. The summed E-state index contributed by atoms with van der Waals surface area (Å²) in [5.41, 5.74) is 6.31. The first-order valence-electron chi connectivity index (χ1n) is 39.8. The lowest BCUT2D eigenvalue weighted by Crippen LogP contribution is -2.38. The van der Waals surface area contributed by atoms with Crippen molar-refractivity contribution in [1.29, 1.82) is 0 Å². The molecule has 20 rings (SSSR count). The van der Waals surface area contributed by atoms with Crippen molar-refractivity contribution in [2.75, 3.05) is 26.4 Å². The number of H-pyrrole nitrogens is 1. The number of pyridine rings is 6. The minimum absolute atomic E-state index is 0.0234. The normalized spacial score (nSPS) is 22.5. The highest BCUT2D eigenvalue weighted by Crippen LogP contribution is 2.48. The fraction of sp³-hybridized carbons (Fsp3) is 0.353. The summed E-state index contributed by atoms with van der Waals surface area (Å²) < 4.78 is 89.2. The number of nitrogens with one attached hydrogen (secondary N) is 1. The van der Waals surface area contributed by atoms with Crippen molar-refractivity contribution in [2.45, 2.75) is 139 Å². The third-order valence-electron chi connectivity index (χ3n) is 23.8. The molecular weight excluding hydrogens is 1570 g/mol.